The van der Waals surface area contributed by atoms with Crippen LogP contribution in [0.25, 0.3) is 0 Å². The molecule has 1 aromatic heterocycles. The maximum absolute atomic E-state index is 5.78. The fourth-order valence-electron chi connectivity index (χ4n) is 2.51. The number of nitrogens with one attached hydrogen (secondary N) is 1. The van der Waals surface area contributed by atoms with Gasteiger partial charge in [-0.15, -0.1) is 0 Å². The van der Waals surface area contributed by atoms with Gasteiger partial charge < -0.3 is 14.6 Å². The number of hydrogen-bond donors (Lipinski definition) is 1. The molecular formula is C14H25N3O. The molecule has 0 saturated carbocycles. The van der Waals surface area contributed by atoms with Gasteiger partial charge in [-0.25, -0.2) is 4.98 Å². The molecule has 0 amide bonds. The van der Waals surface area contributed by atoms with E-state index in [0.717, 1.165) is 32.0 Å². The van der Waals surface area contributed by atoms with Crippen molar-refractivity contribution in [2.24, 2.45) is 5.92 Å². The second-order valence-corrected chi connectivity index (χ2v) is 5.13. The molecule has 2 heterocycles. The molecule has 1 N–H and O–H groups in total. The maximum atomic E-state index is 5.78. The van der Waals surface area contributed by atoms with Crippen LogP contribution < -0.4 is 5.32 Å². The standard InChI is InChI=1S/C14H25N3O/c1-2-7-17-12-16-10-14(17)11-18-8-5-13-4-3-6-15-9-13/h10,12-13,15H,2-9,11H2,1H3. The summed E-state index contributed by atoms with van der Waals surface area (Å²) in [7, 11) is 0. The Balaban J connectivity index is 1.63. The Labute approximate surface area is 110 Å². The average Bonchev–Trinajstić information content (AvgIpc) is 2.84. The van der Waals surface area contributed by atoms with Gasteiger partial charge in [0.2, 0.25) is 0 Å². The van der Waals surface area contributed by atoms with Crippen LogP contribution >= 0.6 is 0 Å². The molecule has 1 aromatic rings. The van der Waals surface area contributed by atoms with Gasteiger partial charge >= 0.3 is 0 Å². The molecule has 0 aromatic carbocycles. The minimum atomic E-state index is 0.695. The summed E-state index contributed by atoms with van der Waals surface area (Å²) in [4.78, 5) is 4.18. The van der Waals surface area contributed by atoms with Crippen molar-refractivity contribution in [3.8, 4) is 0 Å². The van der Waals surface area contributed by atoms with E-state index < -0.39 is 0 Å². The first kappa shape index (κ1) is 13.6. The average molecular weight is 251 g/mol. The fraction of sp³-hybridized carbons (Fsp3) is 0.786. The van der Waals surface area contributed by atoms with Gasteiger partial charge in [0, 0.05) is 13.2 Å². The smallest absolute Gasteiger partial charge is 0.0948 e. The summed E-state index contributed by atoms with van der Waals surface area (Å²) in [5.74, 6) is 0.805. The monoisotopic (exact) mass is 251 g/mol. The molecule has 0 aliphatic carbocycles. The predicted molar refractivity (Wildman–Crippen MR) is 72.4 cm³/mol. The Kier molecular flexibility index (Phi) is 5.68. The van der Waals surface area contributed by atoms with Crippen LogP contribution in [-0.4, -0.2) is 29.2 Å². The molecule has 0 radical (unpaired) electrons. The van der Waals surface area contributed by atoms with Crippen molar-refractivity contribution in [3.63, 3.8) is 0 Å². The molecule has 1 saturated heterocycles. The highest BCUT2D eigenvalue weighted by Crippen LogP contribution is 2.14. The van der Waals surface area contributed by atoms with Crippen LogP contribution in [-0.2, 0) is 17.9 Å². The largest absolute Gasteiger partial charge is 0.375 e. The summed E-state index contributed by atoms with van der Waals surface area (Å²) in [6, 6.07) is 0. The van der Waals surface area contributed by atoms with Gasteiger partial charge in [0.1, 0.15) is 0 Å². The normalized spacial score (nSPS) is 20.2. The molecule has 1 fully saturated rings. The van der Waals surface area contributed by atoms with Crippen LogP contribution in [0, 0.1) is 5.92 Å². The van der Waals surface area contributed by atoms with Crippen molar-refractivity contribution in [1.29, 1.82) is 0 Å². The van der Waals surface area contributed by atoms with Gasteiger partial charge in [-0.05, 0) is 44.7 Å². The summed E-state index contributed by atoms with van der Waals surface area (Å²) >= 11 is 0. The van der Waals surface area contributed by atoms with Crippen molar-refractivity contribution in [2.75, 3.05) is 19.7 Å². The maximum Gasteiger partial charge on any atom is 0.0948 e. The van der Waals surface area contributed by atoms with E-state index in [1.165, 1.54) is 31.5 Å². The zero-order chi connectivity index (χ0) is 12.6. The Morgan fingerprint density at radius 2 is 2.50 bits per heavy atom. The van der Waals surface area contributed by atoms with E-state index in [1.807, 2.05) is 12.5 Å². The first-order chi connectivity index (χ1) is 8.90. The van der Waals surface area contributed by atoms with E-state index >= 15 is 0 Å². The Morgan fingerprint density at radius 1 is 1.56 bits per heavy atom. The number of imidazole rings is 1. The second-order valence-electron chi connectivity index (χ2n) is 5.13. The van der Waals surface area contributed by atoms with E-state index in [1.54, 1.807) is 0 Å². The van der Waals surface area contributed by atoms with Crippen LogP contribution in [0.1, 0.15) is 38.3 Å². The Morgan fingerprint density at radius 3 is 3.28 bits per heavy atom. The minimum absolute atomic E-state index is 0.695. The molecule has 1 unspecified atom stereocenters. The van der Waals surface area contributed by atoms with Crippen LogP contribution in [0.3, 0.4) is 0 Å². The molecule has 1 aliphatic rings. The lowest BCUT2D eigenvalue weighted by Gasteiger charge is -2.22. The predicted octanol–water partition coefficient (Wildman–Crippen LogP) is 2.20. The van der Waals surface area contributed by atoms with Crippen LogP contribution in [0.5, 0.6) is 0 Å². The quantitative estimate of drug-likeness (QED) is 0.755. The van der Waals surface area contributed by atoms with Crippen molar-refractivity contribution in [2.45, 2.75) is 45.8 Å². The third-order valence-electron chi connectivity index (χ3n) is 3.58. The van der Waals surface area contributed by atoms with E-state index in [0.29, 0.717) is 6.61 Å². The van der Waals surface area contributed by atoms with Gasteiger partial charge in [-0.1, -0.05) is 6.92 Å². The second kappa shape index (κ2) is 7.54. The molecule has 2 rings (SSSR count). The van der Waals surface area contributed by atoms with Crippen molar-refractivity contribution in [1.82, 2.24) is 14.9 Å². The van der Waals surface area contributed by atoms with E-state index in [-0.39, 0.29) is 0 Å². The van der Waals surface area contributed by atoms with E-state index in [2.05, 4.69) is 21.8 Å². The summed E-state index contributed by atoms with van der Waals surface area (Å²) < 4.78 is 7.96. The number of rotatable bonds is 7. The Hall–Kier alpha value is -0.870. The first-order valence-corrected chi connectivity index (χ1v) is 7.17. The third kappa shape index (κ3) is 4.10. The highest BCUT2D eigenvalue weighted by atomic mass is 16.5. The van der Waals surface area contributed by atoms with Gasteiger partial charge in [0.05, 0.1) is 24.8 Å². The molecular weight excluding hydrogens is 226 g/mol. The molecule has 18 heavy (non-hydrogen) atoms. The zero-order valence-electron chi connectivity index (χ0n) is 11.4. The molecule has 0 bridgehead atoms. The molecule has 4 heteroatoms. The van der Waals surface area contributed by atoms with Crippen molar-refractivity contribution < 1.29 is 4.74 Å². The van der Waals surface area contributed by atoms with Crippen LogP contribution in [0.15, 0.2) is 12.5 Å². The van der Waals surface area contributed by atoms with Crippen LogP contribution in [0.4, 0.5) is 0 Å². The topological polar surface area (TPSA) is 39.1 Å². The summed E-state index contributed by atoms with van der Waals surface area (Å²) in [5, 5.41) is 3.45. The van der Waals surface area contributed by atoms with Crippen LogP contribution in [0.2, 0.25) is 0 Å². The summed E-state index contributed by atoms with van der Waals surface area (Å²) in [6.45, 7) is 7.13. The van der Waals surface area contributed by atoms with E-state index in [4.69, 9.17) is 4.74 Å². The van der Waals surface area contributed by atoms with Gasteiger partial charge in [0.15, 0.2) is 0 Å². The van der Waals surface area contributed by atoms with E-state index in [9.17, 15) is 0 Å². The van der Waals surface area contributed by atoms with Gasteiger partial charge in [-0.3, -0.25) is 0 Å². The van der Waals surface area contributed by atoms with Gasteiger partial charge in [-0.2, -0.15) is 0 Å². The molecule has 4 nitrogen and oxygen atoms in total. The number of aromatic nitrogens is 2. The lowest BCUT2D eigenvalue weighted by molar-refractivity contribution is 0.0990. The number of nitrogens with zero attached hydrogens (tertiary/aromatic N) is 2. The minimum Gasteiger partial charge on any atom is -0.375 e. The van der Waals surface area contributed by atoms with Crippen molar-refractivity contribution in [3.05, 3.63) is 18.2 Å². The van der Waals surface area contributed by atoms with Gasteiger partial charge in [0.25, 0.3) is 0 Å². The number of aryl methyl sites for hydroxylation is 1. The molecule has 102 valence electrons. The zero-order valence-corrected chi connectivity index (χ0v) is 11.4. The number of hydrogen-bond acceptors (Lipinski definition) is 3. The SMILES string of the molecule is CCCn1cncc1COCCC1CCCNC1. The highest BCUT2D eigenvalue weighted by molar-refractivity contribution is 4.96. The van der Waals surface area contributed by atoms with Crippen molar-refractivity contribution >= 4 is 0 Å². The molecule has 0 spiro atoms. The fourth-order valence-corrected chi connectivity index (χ4v) is 2.51. The highest BCUT2D eigenvalue weighted by Gasteiger charge is 2.12. The Bertz CT molecular complexity index is 332. The molecule has 1 aliphatic heterocycles. The number of piperidine rings is 1. The first-order valence-electron chi connectivity index (χ1n) is 7.17. The summed E-state index contributed by atoms with van der Waals surface area (Å²) in [6.07, 6.45) is 8.79. The number of ether oxygens (including phenoxy) is 1. The lowest BCUT2D eigenvalue weighted by Crippen LogP contribution is -2.30. The molecule has 1 atom stereocenters. The lowest BCUT2D eigenvalue weighted by atomic mass is 9.97. The third-order valence-corrected chi connectivity index (χ3v) is 3.58. The summed E-state index contributed by atoms with van der Waals surface area (Å²) in [5.41, 5.74) is 1.19.